The monoisotopic (exact) mass is 300 g/mol. The Hall–Kier alpha value is 1.31. The average molecular weight is 302 g/mol. The van der Waals surface area contributed by atoms with Crippen molar-refractivity contribution in [2.45, 2.75) is 41.1 Å². The fraction of sp³-hybridized carbons (Fsp3) is 1.00. The third-order valence-electron chi connectivity index (χ3n) is 1.94. The first-order chi connectivity index (χ1) is 5.14. The normalized spacial score (nSPS) is 29.2. The van der Waals surface area contributed by atoms with Gasteiger partial charge in [-0.3, -0.25) is 0 Å². The summed E-state index contributed by atoms with van der Waals surface area (Å²) in [4.78, 5) is 0. The molecule has 0 bridgehead atoms. The largest absolute Gasteiger partial charge is 0.156 e. The number of hydrogen-bond donors (Lipinski definition) is 0. The molecule has 0 radical (unpaired) electrons. The first kappa shape index (κ1) is 10.4. The Morgan fingerprint density at radius 1 is 1.55 bits per heavy atom. The SMILES string of the molecule is CCCCC1CC(Br)(Br)CS1. The summed E-state index contributed by atoms with van der Waals surface area (Å²) in [6.07, 6.45) is 5.38. The highest BCUT2D eigenvalue weighted by atomic mass is 79.9. The van der Waals surface area contributed by atoms with E-state index in [1.807, 2.05) is 0 Å². The maximum atomic E-state index is 3.67. The second kappa shape index (κ2) is 4.52. The molecule has 0 aliphatic carbocycles. The van der Waals surface area contributed by atoms with E-state index in [2.05, 4.69) is 50.5 Å². The van der Waals surface area contributed by atoms with Crippen LogP contribution in [-0.2, 0) is 0 Å². The molecular weight excluding hydrogens is 288 g/mol. The van der Waals surface area contributed by atoms with Crippen LogP contribution in [0.3, 0.4) is 0 Å². The Morgan fingerprint density at radius 3 is 2.73 bits per heavy atom. The van der Waals surface area contributed by atoms with Crippen LogP contribution in [0.5, 0.6) is 0 Å². The Kier molecular flexibility index (Phi) is 4.27. The summed E-state index contributed by atoms with van der Waals surface area (Å²) in [5.41, 5.74) is 0. The molecule has 1 unspecified atom stereocenters. The van der Waals surface area contributed by atoms with E-state index in [1.165, 1.54) is 31.4 Å². The fourth-order valence-electron chi connectivity index (χ4n) is 1.31. The minimum atomic E-state index is 0.253. The molecule has 1 rings (SSSR count). The van der Waals surface area contributed by atoms with Crippen LogP contribution < -0.4 is 0 Å². The maximum Gasteiger partial charge on any atom is 0.0906 e. The van der Waals surface area contributed by atoms with Crippen molar-refractivity contribution < 1.29 is 0 Å². The molecule has 3 heteroatoms. The standard InChI is InChI=1S/C8H14Br2S/c1-2-3-4-7-5-8(9,10)6-11-7/h7H,2-6H2,1H3. The summed E-state index contributed by atoms with van der Waals surface area (Å²) in [5.74, 6) is 1.21. The van der Waals surface area contributed by atoms with Gasteiger partial charge in [-0.25, -0.2) is 0 Å². The molecule has 1 atom stereocenters. The van der Waals surface area contributed by atoms with E-state index in [1.54, 1.807) is 0 Å². The van der Waals surface area contributed by atoms with Gasteiger partial charge in [-0.15, -0.1) is 0 Å². The van der Waals surface area contributed by atoms with E-state index in [0.717, 1.165) is 5.25 Å². The van der Waals surface area contributed by atoms with Crippen LogP contribution in [0.1, 0.15) is 32.6 Å². The van der Waals surface area contributed by atoms with Crippen molar-refractivity contribution >= 4 is 43.6 Å². The van der Waals surface area contributed by atoms with E-state index >= 15 is 0 Å². The Balaban J connectivity index is 2.20. The summed E-state index contributed by atoms with van der Waals surface area (Å²) in [7, 11) is 0. The third kappa shape index (κ3) is 3.69. The fourth-order valence-corrected chi connectivity index (χ4v) is 4.64. The van der Waals surface area contributed by atoms with Crippen LogP contribution in [0.4, 0.5) is 0 Å². The minimum Gasteiger partial charge on any atom is -0.156 e. The van der Waals surface area contributed by atoms with Gasteiger partial charge in [0.25, 0.3) is 0 Å². The van der Waals surface area contributed by atoms with E-state index in [-0.39, 0.29) is 3.23 Å². The van der Waals surface area contributed by atoms with Gasteiger partial charge in [-0.05, 0) is 12.8 Å². The van der Waals surface area contributed by atoms with Gasteiger partial charge in [-0.2, -0.15) is 11.8 Å². The maximum absolute atomic E-state index is 3.67. The number of rotatable bonds is 3. The van der Waals surface area contributed by atoms with Gasteiger partial charge in [0.2, 0.25) is 0 Å². The molecule has 1 aliphatic rings. The molecule has 1 saturated heterocycles. The van der Waals surface area contributed by atoms with Crippen LogP contribution in [-0.4, -0.2) is 14.2 Å². The summed E-state index contributed by atoms with van der Waals surface area (Å²) in [6, 6.07) is 0. The predicted molar refractivity (Wildman–Crippen MR) is 61.0 cm³/mol. The highest BCUT2D eigenvalue weighted by Gasteiger charge is 2.34. The van der Waals surface area contributed by atoms with Gasteiger partial charge in [0, 0.05) is 11.0 Å². The molecule has 0 aromatic carbocycles. The number of alkyl halides is 2. The van der Waals surface area contributed by atoms with Crippen LogP contribution in [0, 0.1) is 0 Å². The lowest BCUT2D eigenvalue weighted by Gasteiger charge is -2.10. The number of thioether (sulfide) groups is 1. The Morgan fingerprint density at radius 2 is 2.27 bits per heavy atom. The van der Waals surface area contributed by atoms with Gasteiger partial charge in [-0.1, -0.05) is 51.6 Å². The molecular formula is C8H14Br2S. The van der Waals surface area contributed by atoms with E-state index in [4.69, 9.17) is 0 Å². The van der Waals surface area contributed by atoms with E-state index in [9.17, 15) is 0 Å². The number of halogens is 2. The third-order valence-corrected chi connectivity index (χ3v) is 5.42. The molecule has 11 heavy (non-hydrogen) atoms. The van der Waals surface area contributed by atoms with Crippen molar-refractivity contribution in [3.05, 3.63) is 0 Å². The van der Waals surface area contributed by atoms with Crippen LogP contribution in [0.15, 0.2) is 0 Å². The molecule has 1 fully saturated rings. The first-order valence-electron chi connectivity index (χ1n) is 4.13. The first-order valence-corrected chi connectivity index (χ1v) is 6.77. The lowest BCUT2D eigenvalue weighted by Crippen LogP contribution is -2.10. The highest BCUT2D eigenvalue weighted by molar-refractivity contribution is 9.25. The Bertz CT molecular complexity index is 125. The molecule has 0 amide bonds. The molecule has 1 aliphatic heterocycles. The van der Waals surface area contributed by atoms with E-state index in [0.29, 0.717) is 0 Å². The quantitative estimate of drug-likeness (QED) is 0.705. The topological polar surface area (TPSA) is 0 Å². The smallest absolute Gasteiger partial charge is 0.0906 e. The Labute approximate surface area is 90.1 Å². The zero-order chi connectivity index (χ0) is 8.32. The molecule has 1 heterocycles. The van der Waals surface area contributed by atoms with Crippen molar-refractivity contribution in [1.82, 2.24) is 0 Å². The molecule has 0 spiro atoms. The van der Waals surface area contributed by atoms with Crippen LogP contribution >= 0.6 is 43.6 Å². The van der Waals surface area contributed by atoms with Crippen molar-refractivity contribution in [1.29, 1.82) is 0 Å². The molecule has 0 aromatic heterocycles. The van der Waals surface area contributed by atoms with E-state index < -0.39 is 0 Å². The lowest BCUT2D eigenvalue weighted by atomic mass is 10.1. The van der Waals surface area contributed by atoms with Crippen molar-refractivity contribution in [3.8, 4) is 0 Å². The van der Waals surface area contributed by atoms with Crippen molar-refractivity contribution in [2.75, 3.05) is 5.75 Å². The van der Waals surface area contributed by atoms with Crippen molar-refractivity contribution in [2.24, 2.45) is 0 Å². The zero-order valence-corrected chi connectivity index (χ0v) is 10.8. The average Bonchev–Trinajstić information content (AvgIpc) is 2.26. The predicted octanol–water partition coefficient (Wildman–Crippen LogP) is 4.17. The highest BCUT2D eigenvalue weighted by Crippen LogP contribution is 2.46. The summed E-state index contributed by atoms with van der Waals surface area (Å²) >= 11 is 9.44. The second-order valence-corrected chi connectivity index (χ2v) is 8.52. The van der Waals surface area contributed by atoms with Gasteiger partial charge < -0.3 is 0 Å². The van der Waals surface area contributed by atoms with Gasteiger partial charge in [0.15, 0.2) is 0 Å². The number of hydrogen-bond acceptors (Lipinski definition) is 1. The second-order valence-electron chi connectivity index (χ2n) is 3.14. The van der Waals surface area contributed by atoms with Gasteiger partial charge in [0.1, 0.15) is 0 Å². The molecule has 0 saturated carbocycles. The minimum absolute atomic E-state index is 0.253. The zero-order valence-electron chi connectivity index (χ0n) is 6.78. The summed E-state index contributed by atoms with van der Waals surface area (Å²) < 4.78 is 0.253. The molecule has 66 valence electrons. The van der Waals surface area contributed by atoms with Crippen molar-refractivity contribution in [3.63, 3.8) is 0 Å². The summed E-state index contributed by atoms with van der Waals surface area (Å²) in [5, 5.41) is 0.883. The van der Waals surface area contributed by atoms with Crippen LogP contribution in [0.2, 0.25) is 0 Å². The molecule has 0 N–H and O–H groups in total. The summed E-state index contributed by atoms with van der Waals surface area (Å²) in [6.45, 7) is 2.26. The number of unbranched alkanes of at least 4 members (excludes halogenated alkanes) is 1. The van der Waals surface area contributed by atoms with Crippen LogP contribution in [0.25, 0.3) is 0 Å². The van der Waals surface area contributed by atoms with Gasteiger partial charge >= 0.3 is 0 Å². The molecule has 0 nitrogen and oxygen atoms in total. The lowest BCUT2D eigenvalue weighted by molar-refractivity contribution is 0.660. The van der Waals surface area contributed by atoms with Gasteiger partial charge in [0.05, 0.1) is 3.23 Å². The molecule has 0 aromatic rings.